The first-order valence-corrected chi connectivity index (χ1v) is 9.56. The van der Waals surface area contributed by atoms with Crippen LogP contribution in [0.3, 0.4) is 0 Å². The van der Waals surface area contributed by atoms with Crippen molar-refractivity contribution in [1.82, 2.24) is 20.0 Å². The van der Waals surface area contributed by atoms with Crippen LogP contribution in [0.2, 0.25) is 0 Å². The quantitative estimate of drug-likeness (QED) is 0.775. The smallest absolute Gasteiger partial charge is 0.317 e. The molecule has 136 valence electrons. The molecule has 0 unspecified atom stereocenters. The van der Waals surface area contributed by atoms with Crippen molar-refractivity contribution < 1.29 is 9.59 Å². The summed E-state index contributed by atoms with van der Waals surface area (Å²) < 4.78 is 0. The summed E-state index contributed by atoms with van der Waals surface area (Å²) in [6.07, 6.45) is 7.67. The second-order valence-electron chi connectivity index (χ2n) is 7.76. The van der Waals surface area contributed by atoms with E-state index in [1.807, 2.05) is 16.8 Å². The number of carbonyl (C=O) groups excluding carboxylic acids is 2. The summed E-state index contributed by atoms with van der Waals surface area (Å²) in [5, 5.41) is 3.04. The third kappa shape index (κ3) is 3.85. The summed E-state index contributed by atoms with van der Waals surface area (Å²) in [4.78, 5) is 30.7. The van der Waals surface area contributed by atoms with E-state index in [1.54, 1.807) is 0 Å². The topological polar surface area (TPSA) is 55.9 Å². The Morgan fingerprint density at radius 2 is 1.88 bits per heavy atom. The van der Waals surface area contributed by atoms with E-state index in [0.29, 0.717) is 18.6 Å². The van der Waals surface area contributed by atoms with Crippen molar-refractivity contribution in [3.63, 3.8) is 0 Å². The minimum absolute atomic E-state index is 0.0592. The Balaban J connectivity index is 1.34. The summed E-state index contributed by atoms with van der Waals surface area (Å²) >= 11 is 0. The van der Waals surface area contributed by atoms with Gasteiger partial charge in [0.1, 0.15) is 0 Å². The van der Waals surface area contributed by atoms with E-state index in [0.717, 1.165) is 45.3 Å². The molecule has 0 aromatic rings. The van der Waals surface area contributed by atoms with E-state index in [2.05, 4.69) is 17.3 Å². The maximum Gasteiger partial charge on any atom is 0.317 e. The van der Waals surface area contributed by atoms with E-state index in [1.165, 1.54) is 19.3 Å². The lowest BCUT2D eigenvalue weighted by Gasteiger charge is -2.29. The van der Waals surface area contributed by atoms with Gasteiger partial charge < -0.3 is 15.1 Å². The third-order valence-electron chi connectivity index (χ3n) is 6.21. The Morgan fingerprint density at radius 3 is 2.58 bits per heavy atom. The van der Waals surface area contributed by atoms with Crippen LogP contribution in [0.4, 0.5) is 4.79 Å². The minimum atomic E-state index is 0.0592. The predicted octanol–water partition coefficient (Wildman–Crippen LogP) is 1.51. The molecule has 2 aliphatic heterocycles. The van der Waals surface area contributed by atoms with Gasteiger partial charge in [-0.25, -0.2) is 4.79 Å². The number of nitrogens with one attached hydrogen (secondary N) is 1. The van der Waals surface area contributed by atoms with Gasteiger partial charge in [-0.15, -0.1) is 0 Å². The monoisotopic (exact) mass is 336 g/mol. The molecule has 1 aliphatic carbocycles. The Bertz CT molecular complexity index is 466. The zero-order chi connectivity index (χ0) is 17.1. The number of amides is 3. The Morgan fingerprint density at radius 1 is 1.12 bits per heavy atom. The normalized spacial score (nSPS) is 27.5. The zero-order valence-corrected chi connectivity index (χ0v) is 15.2. The van der Waals surface area contributed by atoms with Gasteiger partial charge in [0.2, 0.25) is 5.91 Å². The Kier molecular flexibility index (Phi) is 5.64. The molecule has 2 bridgehead atoms. The van der Waals surface area contributed by atoms with Gasteiger partial charge in [-0.3, -0.25) is 9.69 Å². The fraction of sp³-hybridized carbons (Fsp3) is 0.889. The van der Waals surface area contributed by atoms with Gasteiger partial charge >= 0.3 is 6.03 Å². The second kappa shape index (κ2) is 7.72. The van der Waals surface area contributed by atoms with Gasteiger partial charge in [-0.05, 0) is 45.6 Å². The molecule has 1 saturated carbocycles. The van der Waals surface area contributed by atoms with E-state index in [4.69, 9.17) is 0 Å². The van der Waals surface area contributed by atoms with Crippen molar-refractivity contribution in [1.29, 1.82) is 0 Å². The highest BCUT2D eigenvalue weighted by atomic mass is 16.2. The molecule has 0 radical (unpaired) electrons. The van der Waals surface area contributed by atoms with Crippen LogP contribution < -0.4 is 5.32 Å². The number of urea groups is 1. The molecular formula is C18H32N4O2. The van der Waals surface area contributed by atoms with Gasteiger partial charge in [-0.2, -0.15) is 0 Å². The maximum atomic E-state index is 12.4. The molecule has 3 fully saturated rings. The summed E-state index contributed by atoms with van der Waals surface area (Å²) in [7, 11) is 4.07. The summed E-state index contributed by atoms with van der Waals surface area (Å²) in [6, 6.07) is 1.23. The number of rotatable bonds is 5. The molecule has 3 rings (SSSR count). The lowest BCUT2D eigenvalue weighted by Crippen LogP contribution is -2.45. The summed E-state index contributed by atoms with van der Waals surface area (Å²) in [6.45, 7) is 3.07. The lowest BCUT2D eigenvalue weighted by atomic mass is 9.84. The van der Waals surface area contributed by atoms with Crippen LogP contribution in [0.1, 0.15) is 44.9 Å². The number of fused-ring (bicyclic) bond motifs is 2. The molecule has 3 amide bonds. The number of carbonyl (C=O) groups is 2. The molecule has 2 saturated heterocycles. The van der Waals surface area contributed by atoms with E-state index in [-0.39, 0.29) is 17.9 Å². The number of likely N-dealkylation sites (tertiary alicyclic amines) is 1. The van der Waals surface area contributed by atoms with Crippen LogP contribution >= 0.6 is 0 Å². The first-order valence-electron chi connectivity index (χ1n) is 9.56. The third-order valence-corrected chi connectivity index (χ3v) is 6.21. The first-order chi connectivity index (χ1) is 11.6. The molecule has 2 atom stereocenters. The highest BCUT2D eigenvalue weighted by Crippen LogP contribution is 2.29. The molecular weight excluding hydrogens is 304 g/mol. The Hall–Kier alpha value is -1.30. The predicted molar refractivity (Wildman–Crippen MR) is 93.8 cm³/mol. The largest absolute Gasteiger partial charge is 0.345 e. The van der Waals surface area contributed by atoms with Crippen molar-refractivity contribution >= 4 is 11.9 Å². The molecule has 6 heteroatoms. The number of hydrogen-bond donors (Lipinski definition) is 1. The molecule has 6 nitrogen and oxygen atoms in total. The van der Waals surface area contributed by atoms with Crippen molar-refractivity contribution in [2.45, 2.75) is 57.0 Å². The van der Waals surface area contributed by atoms with Gasteiger partial charge in [0, 0.05) is 51.2 Å². The van der Waals surface area contributed by atoms with Crippen LogP contribution in [0, 0.1) is 5.92 Å². The molecule has 3 aliphatic rings. The van der Waals surface area contributed by atoms with Gasteiger partial charge in [0.15, 0.2) is 0 Å². The molecule has 24 heavy (non-hydrogen) atoms. The van der Waals surface area contributed by atoms with Gasteiger partial charge in [-0.1, -0.05) is 6.42 Å². The minimum Gasteiger partial charge on any atom is -0.345 e. The van der Waals surface area contributed by atoms with Crippen molar-refractivity contribution in [3.05, 3.63) is 0 Å². The standard InChI is InChI=1S/C18H32N4O2/c1-20(17(23)14-5-3-6-14)11-4-10-19-18(24)22-12-9-15-7-8-16(13-22)21(15)2/h14-16H,3-13H2,1-2H3,(H,19,24)/t15-,16+/m1/s1. The van der Waals surface area contributed by atoms with Crippen molar-refractivity contribution in [2.75, 3.05) is 40.3 Å². The highest BCUT2D eigenvalue weighted by Gasteiger charge is 2.35. The SMILES string of the molecule is CN(CCCNC(=O)N1CC[C@H]2CC[C@@H](C1)N2C)C(=O)C1CCC1. The number of likely N-dealkylation sites (N-methyl/N-ethyl adjacent to an activating group) is 1. The highest BCUT2D eigenvalue weighted by molar-refractivity contribution is 5.79. The van der Waals surface area contributed by atoms with Crippen LogP contribution in [-0.4, -0.2) is 79.0 Å². The average molecular weight is 336 g/mol. The average Bonchev–Trinajstić information content (AvgIpc) is 2.74. The van der Waals surface area contributed by atoms with Crippen LogP contribution in [-0.2, 0) is 4.79 Å². The van der Waals surface area contributed by atoms with Gasteiger partial charge in [0.05, 0.1) is 0 Å². The van der Waals surface area contributed by atoms with E-state index < -0.39 is 0 Å². The van der Waals surface area contributed by atoms with Crippen LogP contribution in [0.25, 0.3) is 0 Å². The summed E-state index contributed by atoms with van der Waals surface area (Å²) in [5.41, 5.74) is 0. The molecule has 2 heterocycles. The number of hydrogen-bond acceptors (Lipinski definition) is 3. The molecule has 0 aromatic carbocycles. The fourth-order valence-electron chi connectivity index (χ4n) is 4.19. The van der Waals surface area contributed by atoms with E-state index in [9.17, 15) is 9.59 Å². The first kappa shape index (κ1) is 17.5. The van der Waals surface area contributed by atoms with Crippen molar-refractivity contribution in [2.24, 2.45) is 5.92 Å². The molecule has 1 N–H and O–H groups in total. The summed E-state index contributed by atoms with van der Waals surface area (Å²) in [5.74, 6) is 0.535. The Labute approximate surface area is 145 Å². The van der Waals surface area contributed by atoms with Crippen molar-refractivity contribution in [3.8, 4) is 0 Å². The van der Waals surface area contributed by atoms with Crippen LogP contribution in [0.15, 0.2) is 0 Å². The molecule has 0 aromatic heterocycles. The van der Waals surface area contributed by atoms with Crippen LogP contribution in [0.5, 0.6) is 0 Å². The fourth-order valence-corrected chi connectivity index (χ4v) is 4.19. The maximum absolute atomic E-state index is 12.4. The zero-order valence-electron chi connectivity index (χ0n) is 15.2. The molecule has 0 spiro atoms. The second-order valence-corrected chi connectivity index (χ2v) is 7.76. The lowest BCUT2D eigenvalue weighted by molar-refractivity contribution is -0.136. The number of nitrogens with zero attached hydrogens (tertiary/aromatic N) is 3. The van der Waals surface area contributed by atoms with Gasteiger partial charge in [0.25, 0.3) is 0 Å². The van der Waals surface area contributed by atoms with E-state index >= 15 is 0 Å².